The summed E-state index contributed by atoms with van der Waals surface area (Å²) in [5.41, 5.74) is 1.60. The average Bonchev–Trinajstić information content (AvgIpc) is 3.81. The molecule has 68 heavy (non-hydrogen) atoms. The Bertz CT molecular complexity index is 3120. The van der Waals surface area contributed by atoms with Crippen molar-refractivity contribution in [2.75, 3.05) is 37.1 Å². The first-order valence-corrected chi connectivity index (χ1v) is 25.4. The topological polar surface area (TPSA) is 284 Å². The summed E-state index contributed by atoms with van der Waals surface area (Å²) < 4.78 is 102. The molecule has 0 spiro atoms. The second kappa shape index (κ2) is 19.6. The highest BCUT2D eigenvalue weighted by Gasteiger charge is 2.46. The summed E-state index contributed by atoms with van der Waals surface area (Å²) >= 11 is 0. The van der Waals surface area contributed by atoms with Crippen LogP contribution < -0.4 is 14.3 Å². The number of rotatable bonds is 18. The van der Waals surface area contributed by atoms with E-state index in [4.69, 9.17) is 14.7 Å². The van der Waals surface area contributed by atoms with Crippen molar-refractivity contribution in [1.82, 2.24) is 9.79 Å². The highest BCUT2D eigenvalue weighted by molar-refractivity contribution is 7.86. The fraction of sp³-hybridized carbons (Fsp3) is 0.289. The number of hydrogen-bond acceptors (Lipinski definition) is 14. The zero-order valence-corrected chi connectivity index (χ0v) is 39.9. The fourth-order valence-corrected chi connectivity index (χ4v) is 9.44. The molecule has 2 aromatic heterocycles. The number of hydroxylamine groups is 2. The molecule has 6 rings (SSSR count). The standard InChI is InChI=1S/C45H49N5O15S3/c1-44(2)35-27-31(42(53)47(4)64-5)29-48(23-11-25-66(55,56)57)41(35)46-37(44)13-9-7-6-8-10-14-38-45(3,32-17-15-30(16-18-32)43(54)65-50-39(51)21-22-40(50)52)34-28-33(68(61,62)63)19-20-36(34)49(38)24-12-26-67(58,59)60/h6-10,13-22,27-29H,11-12,23-26H2,1-5H3,(H4-,51,52,55,56,57,58,59,60,61,62,63)/p+1. The van der Waals surface area contributed by atoms with Crippen molar-refractivity contribution in [3.05, 3.63) is 143 Å². The molecule has 5 N–H and O–H groups in total. The number of aliphatic imine (C=N–C) groups is 1. The van der Waals surface area contributed by atoms with Crippen LogP contribution in [0.4, 0.5) is 11.5 Å². The number of carbonyl (C=O) groups excluding carboxylic acids is 2. The molecule has 2 aromatic carbocycles. The van der Waals surface area contributed by atoms with E-state index in [1.807, 2.05) is 13.8 Å². The number of anilines is 1. The van der Waals surface area contributed by atoms with Gasteiger partial charge in [0, 0.05) is 43.5 Å². The van der Waals surface area contributed by atoms with Crippen LogP contribution in [0, 0.1) is 0 Å². The third-order valence-electron chi connectivity index (χ3n) is 11.6. The molecule has 4 heterocycles. The van der Waals surface area contributed by atoms with Gasteiger partial charge < -0.3 is 20.0 Å². The Labute approximate surface area is 393 Å². The first-order chi connectivity index (χ1) is 31.8. The monoisotopic (exact) mass is 996 g/mol. The number of nitrogens with zero attached hydrogens (tertiary/aromatic N) is 5. The Morgan fingerprint density at radius 2 is 1.41 bits per heavy atom. The summed E-state index contributed by atoms with van der Waals surface area (Å²) in [6.07, 6.45) is 13.7. The van der Waals surface area contributed by atoms with E-state index in [-0.39, 0.29) is 37.1 Å². The molecule has 362 valence electrons. The second-order valence-corrected chi connectivity index (χ2v) is 21.0. The Kier molecular flexibility index (Phi) is 14.7. The first kappa shape index (κ1) is 50.9. The summed E-state index contributed by atoms with van der Waals surface area (Å²) in [6, 6.07) is 14.0. The van der Waals surface area contributed by atoms with Gasteiger partial charge in [0.1, 0.15) is 6.20 Å². The number of fused-ring (bicyclic) bond motifs is 2. The summed E-state index contributed by atoms with van der Waals surface area (Å²) in [7, 11) is -10.5. The lowest BCUT2D eigenvalue weighted by molar-refractivity contribution is -0.684. The number of aryl methyl sites for hydroxylation is 1. The minimum Gasteiger partial charge on any atom is -0.492 e. The molecule has 1 unspecified atom stereocenters. The molecular formula is C45H50N5O15S3+. The van der Waals surface area contributed by atoms with E-state index in [9.17, 15) is 58.7 Å². The quantitative estimate of drug-likeness (QED) is 0.0393. The Balaban J connectivity index is 1.33. The molecule has 2 aliphatic heterocycles. The number of aromatic nitrogens is 2. The third kappa shape index (κ3) is 11.1. The van der Waals surface area contributed by atoms with Crippen molar-refractivity contribution in [2.24, 2.45) is 4.99 Å². The maximum absolute atomic E-state index is 13.1. The van der Waals surface area contributed by atoms with Gasteiger partial charge in [0.2, 0.25) is 11.8 Å². The van der Waals surface area contributed by atoms with Gasteiger partial charge in [-0.2, -0.15) is 25.3 Å². The van der Waals surface area contributed by atoms with Crippen LogP contribution in [0.15, 0.2) is 125 Å². The molecule has 0 bridgehead atoms. The smallest absolute Gasteiger partial charge is 0.363 e. The molecule has 2 aliphatic rings. The van der Waals surface area contributed by atoms with Crippen LogP contribution in [-0.2, 0) is 52.6 Å². The van der Waals surface area contributed by atoms with Crippen LogP contribution in [0.25, 0.3) is 0 Å². The van der Waals surface area contributed by atoms with Crippen molar-refractivity contribution in [3.63, 3.8) is 0 Å². The molecule has 0 saturated heterocycles. The van der Waals surface area contributed by atoms with E-state index in [1.54, 1.807) is 83.3 Å². The number of carbonyl (C=O) groups is 2. The molecule has 4 aromatic rings. The first-order valence-electron chi connectivity index (χ1n) is 20.7. The molecular weight excluding hydrogens is 947 g/mol. The lowest BCUT2D eigenvalue weighted by Gasteiger charge is -2.31. The van der Waals surface area contributed by atoms with Crippen molar-refractivity contribution in [1.29, 1.82) is 0 Å². The van der Waals surface area contributed by atoms with Crippen LogP contribution in [0.1, 0.15) is 71.0 Å². The Hall–Kier alpha value is -6.47. The maximum atomic E-state index is 13.1. The zero-order valence-electron chi connectivity index (χ0n) is 37.4. The van der Waals surface area contributed by atoms with Crippen LogP contribution >= 0.6 is 0 Å². The summed E-state index contributed by atoms with van der Waals surface area (Å²) in [6.45, 7) is 5.80. The van der Waals surface area contributed by atoms with Crippen molar-refractivity contribution in [2.45, 2.75) is 55.9 Å². The van der Waals surface area contributed by atoms with Crippen molar-refractivity contribution >= 4 is 59.4 Å². The third-order valence-corrected chi connectivity index (χ3v) is 14.0. The SMILES string of the molecule is CON(C)C(=O)c1cc2c([n+](CCCS(=O)(=O)O)c1)N=C(C=CC=CC=CC=C1N(CCCS(=O)(=O)O)c3ccc(S(=O)(=O)O)cc3C1(C)c1ccc(C(=O)On3c(O)ccc3O)cc1)C2(C)C. The largest absolute Gasteiger partial charge is 0.492 e. The summed E-state index contributed by atoms with van der Waals surface area (Å²) in [4.78, 5) is 42.6. The molecule has 0 saturated carbocycles. The lowest BCUT2D eigenvalue weighted by Crippen LogP contribution is -2.38. The van der Waals surface area contributed by atoms with Gasteiger partial charge in [-0.05, 0) is 91.9 Å². The maximum Gasteiger partial charge on any atom is 0.363 e. The zero-order chi connectivity index (χ0) is 50.0. The molecule has 0 fully saturated rings. The number of allylic oxidation sites excluding steroid dienone is 8. The van der Waals surface area contributed by atoms with Crippen LogP contribution in [0.2, 0.25) is 0 Å². The van der Waals surface area contributed by atoms with Gasteiger partial charge in [0.05, 0.1) is 57.6 Å². The Morgan fingerprint density at radius 3 is 2.03 bits per heavy atom. The molecule has 1 amide bonds. The van der Waals surface area contributed by atoms with Gasteiger partial charge in [-0.25, -0.2) is 14.4 Å². The molecule has 23 heteroatoms. The predicted octanol–water partition coefficient (Wildman–Crippen LogP) is 4.63. The van der Waals surface area contributed by atoms with Crippen LogP contribution in [0.5, 0.6) is 11.8 Å². The van der Waals surface area contributed by atoms with Gasteiger partial charge in [0.15, 0.2) is 5.71 Å². The van der Waals surface area contributed by atoms with E-state index in [2.05, 4.69) is 0 Å². The van der Waals surface area contributed by atoms with Crippen LogP contribution in [0.3, 0.4) is 0 Å². The number of hydrogen-bond donors (Lipinski definition) is 5. The second-order valence-electron chi connectivity index (χ2n) is 16.5. The lowest BCUT2D eigenvalue weighted by atomic mass is 9.75. The predicted molar refractivity (Wildman–Crippen MR) is 249 cm³/mol. The number of amides is 1. The summed E-state index contributed by atoms with van der Waals surface area (Å²) in [5.74, 6) is -2.99. The average molecular weight is 997 g/mol. The normalized spacial score (nSPS) is 17.6. The number of aromatic hydroxyl groups is 2. The minimum absolute atomic E-state index is 0.0175. The van der Waals surface area contributed by atoms with Crippen LogP contribution in [-0.4, -0.2) is 109 Å². The van der Waals surface area contributed by atoms with Gasteiger partial charge in [0.25, 0.3) is 36.3 Å². The Morgan fingerprint density at radius 1 is 0.794 bits per heavy atom. The fourth-order valence-electron chi connectivity index (χ4n) is 7.94. The number of benzene rings is 2. The van der Waals surface area contributed by atoms with E-state index < -0.39 is 81.2 Å². The van der Waals surface area contributed by atoms with Gasteiger partial charge >= 0.3 is 11.8 Å². The van der Waals surface area contributed by atoms with E-state index in [0.717, 1.165) is 17.2 Å². The highest BCUT2D eigenvalue weighted by Crippen LogP contribution is 2.52. The molecule has 20 nitrogen and oxygen atoms in total. The van der Waals surface area contributed by atoms with Crippen molar-refractivity contribution < 1.29 is 73.0 Å². The van der Waals surface area contributed by atoms with Gasteiger partial charge in [-0.3, -0.25) is 23.3 Å². The molecule has 0 aliphatic carbocycles. The van der Waals surface area contributed by atoms with E-state index >= 15 is 0 Å². The van der Waals surface area contributed by atoms with Crippen molar-refractivity contribution in [3.8, 4) is 11.8 Å². The van der Waals surface area contributed by atoms with Gasteiger partial charge in [-0.15, -0.1) is 4.73 Å². The number of pyridine rings is 1. The minimum atomic E-state index is -4.70. The highest BCUT2D eigenvalue weighted by atomic mass is 32.2. The summed E-state index contributed by atoms with van der Waals surface area (Å²) in [5, 5.41) is 21.0. The van der Waals surface area contributed by atoms with E-state index in [1.165, 1.54) is 44.5 Å². The van der Waals surface area contributed by atoms with E-state index in [0.29, 0.717) is 44.3 Å². The molecule has 1 atom stereocenters. The van der Waals surface area contributed by atoms with Gasteiger partial charge in [-0.1, -0.05) is 42.5 Å². The molecule has 0 radical (unpaired) electrons.